The van der Waals surface area contributed by atoms with Gasteiger partial charge < -0.3 is 15.2 Å². The molecule has 0 aliphatic heterocycles. The Morgan fingerprint density at radius 3 is 2.77 bits per heavy atom. The first kappa shape index (κ1) is 15.7. The molecule has 2 aromatic rings. The van der Waals surface area contributed by atoms with Crippen LogP contribution in [0.4, 0.5) is 5.82 Å². The number of hydrogen-bond acceptors (Lipinski definition) is 6. The largest absolute Gasteiger partial charge is 0.361 e. The van der Waals surface area contributed by atoms with Crippen molar-refractivity contribution in [1.82, 2.24) is 25.5 Å². The van der Waals surface area contributed by atoms with Gasteiger partial charge in [0.1, 0.15) is 12.3 Å². The lowest BCUT2D eigenvalue weighted by molar-refractivity contribution is -0.122. The van der Waals surface area contributed by atoms with Crippen molar-refractivity contribution in [2.75, 3.05) is 11.9 Å². The molecule has 0 saturated heterocycles. The van der Waals surface area contributed by atoms with Crippen molar-refractivity contribution in [3.05, 3.63) is 23.2 Å². The van der Waals surface area contributed by atoms with Gasteiger partial charge in [0.25, 0.3) is 0 Å². The average molecular weight is 306 g/mol. The number of nitrogens with one attached hydrogen (secondary N) is 2. The molecule has 0 unspecified atom stereocenters. The molecule has 2 N–H and O–H groups in total. The summed E-state index contributed by atoms with van der Waals surface area (Å²) >= 11 is 0. The minimum Gasteiger partial charge on any atom is -0.361 e. The van der Waals surface area contributed by atoms with E-state index in [2.05, 4.69) is 26.0 Å². The second-order valence-electron chi connectivity index (χ2n) is 4.84. The van der Waals surface area contributed by atoms with Crippen molar-refractivity contribution in [2.24, 2.45) is 0 Å². The molecule has 118 valence electrons. The number of carbonyl (C=O) groups is 2. The lowest BCUT2D eigenvalue weighted by atomic mass is 10.1. The van der Waals surface area contributed by atoms with Crippen LogP contribution in [-0.4, -0.2) is 38.5 Å². The molecule has 0 bridgehead atoms. The smallest absolute Gasteiger partial charge is 0.243 e. The van der Waals surface area contributed by atoms with Crippen LogP contribution in [0.15, 0.2) is 10.7 Å². The van der Waals surface area contributed by atoms with Crippen LogP contribution >= 0.6 is 0 Å². The first-order valence-corrected chi connectivity index (χ1v) is 6.82. The van der Waals surface area contributed by atoms with E-state index in [9.17, 15) is 9.59 Å². The second kappa shape index (κ2) is 6.83. The average Bonchev–Trinajstić information content (AvgIpc) is 2.98. The fourth-order valence-electron chi connectivity index (χ4n) is 1.98. The topological polar surface area (TPSA) is 115 Å². The lowest BCUT2D eigenvalue weighted by Crippen LogP contribution is -2.30. The number of nitrogens with zero attached hydrogens (tertiary/aromatic N) is 4. The standard InChI is InChI=1S/C13H18N6O3/c1-8-11(9(2)22-18-8)4-5-14-13(21)7-19-15-6-12(17-19)16-10(3)20/h6H,4-5,7H2,1-3H3,(H,14,21)(H,16,17,20). The Balaban J connectivity index is 1.78. The van der Waals surface area contributed by atoms with Crippen molar-refractivity contribution >= 4 is 17.6 Å². The summed E-state index contributed by atoms with van der Waals surface area (Å²) in [6, 6.07) is 0. The second-order valence-corrected chi connectivity index (χ2v) is 4.84. The van der Waals surface area contributed by atoms with Crippen LogP contribution in [0.25, 0.3) is 0 Å². The SMILES string of the molecule is CC(=O)Nc1cnn(CC(=O)NCCc2c(C)noc2C)n1. The molecular formula is C13H18N6O3. The van der Waals surface area contributed by atoms with E-state index in [1.807, 2.05) is 13.8 Å². The first-order chi connectivity index (χ1) is 10.5. The number of anilines is 1. The van der Waals surface area contributed by atoms with Crippen LogP contribution in [0, 0.1) is 13.8 Å². The van der Waals surface area contributed by atoms with E-state index >= 15 is 0 Å². The molecule has 2 heterocycles. The van der Waals surface area contributed by atoms with Gasteiger partial charge in [-0.1, -0.05) is 5.16 Å². The molecule has 2 amide bonds. The van der Waals surface area contributed by atoms with Gasteiger partial charge in [0.05, 0.1) is 11.9 Å². The molecule has 0 atom stereocenters. The van der Waals surface area contributed by atoms with Gasteiger partial charge in [0.15, 0.2) is 5.82 Å². The maximum Gasteiger partial charge on any atom is 0.243 e. The van der Waals surface area contributed by atoms with E-state index in [1.165, 1.54) is 17.9 Å². The van der Waals surface area contributed by atoms with Gasteiger partial charge in [-0.25, -0.2) is 0 Å². The van der Waals surface area contributed by atoms with E-state index in [0.717, 1.165) is 17.0 Å². The van der Waals surface area contributed by atoms with Gasteiger partial charge in [-0.3, -0.25) is 9.59 Å². The van der Waals surface area contributed by atoms with Crippen LogP contribution in [0.3, 0.4) is 0 Å². The Labute approximate surface area is 127 Å². The Bertz CT molecular complexity index is 656. The zero-order valence-electron chi connectivity index (χ0n) is 12.7. The van der Waals surface area contributed by atoms with E-state index in [-0.39, 0.29) is 18.4 Å². The highest BCUT2D eigenvalue weighted by Crippen LogP contribution is 2.11. The predicted molar refractivity (Wildman–Crippen MR) is 77.0 cm³/mol. The summed E-state index contributed by atoms with van der Waals surface area (Å²) in [5.41, 5.74) is 1.84. The molecule has 0 radical (unpaired) electrons. The number of carbonyl (C=O) groups excluding carboxylic acids is 2. The van der Waals surface area contributed by atoms with Gasteiger partial charge in [-0.2, -0.15) is 9.90 Å². The molecule has 0 fully saturated rings. The molecular weight excluding hydrogens is 288 g/mol. The summed E-state index contributed by atoms with van der Waals surface area (Å²) in [6.45, 7) is 5.54. The maximum absolute atomic E-state index is 11.8. The minimum atomic E-state index is -0.240. The normalized spacial score (nSPS) is 10.5. The third-order valence-corrected chi connectivity index (χ3v) is 3.00. The first-order valence-electron chi connectivity index (χ1n) is 6.82. The van der Waals surface area contributed by atoms with Crippen LogP contribution in [0.1, 0.15) is 23.9 Å². The Morgan fingerprint density at radius 1 is 1.36 bits per heavy atom. The zero-order chi connectivity index (χ0) is 16.1. The molecule has 0 saturated carbocycles. The van der Waals surface area contributed by atoms with Crippen LogP contribution < -0.4 is 10.6 Å². The van der Waals surface area contributed by atoms with E-state index in [1.54, 1.807) is 0 Å². The summed E-state index contributed by atoms with van der Waals surface area (Å²) in [7, 11) is 0. The van der Waals surface area contributed by atoms with Gasteiger partial charge in [0.2, 0.25) is 11.8 Å². The molecule has 2 rings (SSSR count). The molecule has 9 nitrogen and oxygen atoms in total. The summed E-state index contributed by atoms with van der Waals surface area (Å²) < 4.78 is 5.06. The van der Waals surface area contributed by atoms with E-state index in [0.29, 0.717) is 18.8 Å². The number of rotatable bonds is 6. The van der Waals surface area contributed by atoms with E-state index in [4.69, 9.17) is 4.52 Å². The fourth-order valence-corrected chi connectivity index (χ4v) is 1.98. The minimum absolute atomic E-state index is 0.0127. The molecule has 0 aliphatic rings. The number of amides is 2. The third kappa shape index (κ3) is 4.14. The monoisotopic (exact) mass is 306 g/mol. The molecule has 0 aromatic carbocycles. The van der Waals surface area contributed by atoms with Crippen LogP contribution in [-0.2, 0) is 22.6 Å². The van der Waals surface area contributed by atoms with Gasteiger partial charge in [0, 0.05) is 19.0 Å². The van der Waals surface area contributed by atoms with Gasteiger partial charge in [-0.05, 0) is 20.3 Å². The fraction of sp³-hybridized carbons (Fsp3) is 0.462. The van der Waals surface area contributed by atoms with Crippen LogP contribution in [0.5, 0.6) is 0 Å². The molecule has 2 aromatic heterocycles. The highest BCUT2D eigenvalue weighted by molar-refractivity contribution is 5.87. The highest BCUT2D eigenvalue weighted by atomic mass is 16.5. The number of hydrogen-bond donors (Lipinski definition) is 2. The third-order valence-electron chi connectivity index (χ3n) is 3.00. The van der Waals surface area contributed by atoms with Crippen molar-refractivity contribution < 1.29 is 14.1 Å². The Kier molecular flexibility index (Phi) is 4.87. The van der Waals surface area contributed by atoms with Gasteiger partial charge >= 0.3 is 0 Å². The maximum atomic E-state index is 11.8. The Hall–Kier alpha value is -2.71. The molecule has 0 aliphatic carbocycles. The van der Waals surface area contributed by atoms with Crippen LogP contribution in [0.2, 0.25) is 0 Å². The quantitative estimate of drug-likeness (QED) is 0.788. The predicted octanol–water partition coefficient (Wildman–Crippen LogP) is 0.200. The summed E-state index contributed by atoms with van der Waals surface area (Å²) in [6.07, 6.45) is 2.04. The van der Waals surface area contributed by atoms with E-state index < -0.39 is 0 Å². The lowest BCUT2D eigenvalue weighted by Gasteiger charge is -2.04. The van der Waals surface area contributed by atoms with Crippen molar-refractivity contribution in [2.45, 2.75) is 33.7 Å². The zero-order valence-corrected chi connectivity index (χ0v) is 12.7. The van der Waals surface area contributed by atoms with Crippen molar-refractivity contribution in [3.8, 4) is 0 Å². The summed E-state index contributed by atoms with van der Waals surface area (Å²) in [5, 5.41) is 17.0. The molecule has 9 heteroatoms. The molecule has 22 heavy (non-hydrogen) atoms. The molecule has 0 spiro atoms. The summed E-state index contributed by atoms with van der Waals surface area (Å²) in [5.74, 6) is 0.629. The summed E-state index contributed by atoms with van der Waals surface area (Å²) in [4.78, 5) is 23.9. The van der Waals surface area contributed by atoms with Crippen molar-refractivity contribution in [3.63, 3.8) is 0 Å². The number of aryl methyl sites for hydroxylation is 2. The number of aromatic nitrogens is 4. The van der Waals surface area contributed by atoms with Gasteiger partial charge in [-0.15, -0.1) is 5.10 Å². The highest BCUT2D eigenvalue weighted by Gasteiger charge is 2.10. The Morgan fingerprint density at radius 2 is 2.14 bits per heavy atom. The van der Waals surface area contributed by atoms with Crippen molar-refractivity contribution in [1.29, 1.82) is 0 Å².